The molecule has 20 heavy (non-hydrogen) atoms. The van der Waals surface area contributed by atoms with Gasteiger partial charge >= 0.3 is 0 Å². The molecule has 7 heteroatoms. The summed E-state index contributed by atoms with van der Waals surface area (Å²) in [5.41, 5.74) is 4.86. The van der Waals surface area contributed by atoms with Crippen LogP contribution in [0.1, 0.15) is 52.9 Å². The Bertz CT molecular complexity index is 438. The highest BCUT2D eigenvalue weighted by atomic mass is 32.2. The highest BCUT2D eigenvalue weighted by molar-refractivity contribution is 7.89. The molecule has 1 fully saturated rings. The summed E-state index contributed by atoms with van der Waals surface area (Å²) in [5.74, 6) is 0.637. The average Bonchev–Trinajstić information content (AvgIpc) is 2.36. The normalized spacial score (nSPS) is 28.8. The Morgan fingerprint density at radius 3 is 2.40 bits per heavy atom. The quantitative estimate of drug-likeness (QED) is 0.300. The summed E-state index contributed by atoms with van der Waals surface area (Å²) in [5, 5.41) is 12.0. The number of sulfonamides is 1. The Labute approximate surface area is 121 Å². The topological polar surface area (TPSA) is 105 Å². The zero-order chi connectivity index (χ0) is 15.4. The van der Waals surface area contributed by atoms with Crippen LogP contribution in [0.25, 0.3) is 0 Å². The van der Waals surface area contributed by atoms with Crippen molar-refractivity contribution in [2.75, 3.05) is 5.75 Å². The fraction of sp³-hybridized carbons (Fsp3) is 0.923. The molecule has 1 saturated carbocycles. The van der Waals surface area contributed by atoms with E-state index in [1.165, 1.54) is 0 Å². The second-order valence-corrected chi connectivity index (χ2v) is 7.96. The molecule has 0 atom stereocenters. The summed E-state index contributed by atoms with van der Waals surface area (Å²) in [4.78, 5) is 0. The first-order chi connectivity index (χ1) is 9.24. The zero-order valence-electron chi connectivity index (χ0n) is 12.6. The lowest BCUT2D eigenvalue weighted by atomic mass is 9.75. The number of rotatable bonds is 6. The second-order valence-electron chi connectivity index (χ2n) is 6.20. The Kier molecular flexibility index (Phi) is 5.82. The van der Waals surface area contributed by atoms with Crippen molar-refractivity contribution in [2.45, 2.75) is 58.4 Å². The van der Waals surface area contributed by atoms with E-state index in [2.05, 4.69) is 16.8 Å². The minimum Gasteiger partial charge on any atom is -0.409 e. The van der Waals surface area contributed by atoms with E-state index in [0.29, 0.717) is 18.8 Å². The predicted molar refractivity (Wildman–Crippen MR) is 80.1 cm³/mol. The molecule has 0 spiro atoms. The number of nitrogens with two attached hydrogens (primary N) is 1. The molecule has 118 valence electrons. The van der Waals surface area contributed by atoms with E-state index < -0.39 is 15.6 Å². The van der Waals surface area contributed by atoms with Crippen molar-refractivity contribution < 1.29 is 13.6 Å². The lowest BCUT2D eigenvalue weighted by molar-refractivity contribution is 0.253. The molecule has 4 N–H and O–H groups in total. The monoisotopic (exact) mass is 305 g/mol. The molecule has 1 rings (SSSR count). The second kappa shape index (κ2) is 6.76. The lowest BCUT2D eigenvalue weighted by Crippen LogP contribution is -2.59. The van der Waals surface area contributed by atoms with Gasteiger partial charge in [0.25, 0.3) is 0 Å². The van der Waals surface area contributed by atoms with Crippen LogP contribution in [0.2, 0.25) is 0 Å². The number of nitrogens with one attached hydrogen (secondary N) is 1. The fourth-order valence-electron chi connectivity index (χ4n) is 2.86. The molecule has 0 saturated heterocycles. The maximum atomic E-state index is 12.2. The molecule has 0 aromatic carbocycles. The maximum absolute atomic E-state index is 12.2. The van der Waals surface area contributed by atoms with Crippen molar-refractivity contribution in [1.29, 1.82) is 0 Å². The number of nitrogens with zero attached hydrogens (tertiary/aromatic N) is 1. The van der Waals surface area contributed by atoms with Crippen LogP contribution in [0.5, 0.6) is 0 Å². The first-order valence-corrected chi connectivity index (χ1v) is 8.89. The number of oxime groups is 1. The average molecular weight is 305 g/mol. The molecular formula is C13H27N3O3S. The van der Waals surface area contributed by atoms with Gasteiger partial charge in [-0.2, -0.15) is 0 Å². The van der Waals surface area contributed by atoms with E-state index >= 15 is 0 Å². The van der Waals surface area contributed by atoms with Crippen LogP contribution in [0.4, 0.5) is 0 Å². The highest BCUT2D eigenvalue weighted by Gasteiger charge is 2.42. The van der Waals surface area contributed by atoms with Gasteiger partial charge < -0.3 is 10.9 Å². The summed E-state index contributed by atoms with van der Waals surface area (Å²) in [6.45, 7) is 5.83. The van der Waals surface area contributed by atoms with Crippen LogP contribution < -0.4 is 10.5 Å². The summed E-state index contributed by atoms with van der Waals surface area (Å²) >= 11 is 0. The molecule has 0 unspecified atom stereocenters. The van der Waals surface area contributed by atoms with Gasteiger partial charge in [0.05, 0.1) is 11.3 Å². The number of hydrogen-bond acceptors (Lipinski definition) is 4. The Balaban J connectivity index is 2.92. The van der Waals surface area contributed by atoms with E-state index in [1.807, 2.05) is 13.8 Å². The largest absolute Gasteiger partial charge is 0.409 e. The van der Waals surface area contributed by atoms with E-state index in [-0.39, 0.29) is 17.5 Å². The van der Waals surface area contributed by atoms with Gasteiger partial charge in [0.1, 0.15) is 0 Å². The van der Waals surface area contributed by atoms with Crippen LogP contribution in [0.3, 0.4) is 0 Å². The molecule has 0 aromatic rings. The van der Waals surface area contributed by atoms with Gasteiger partial charge in [0, 0.05) is 0 Å². The van der Waals surface area contributed by atoms with Crippen LogP contribution in [0.15, 0.2) is 5.16 Å². The van der Waals surface area contributed by atoms with Crippen LogP contribution in [0, 0.1) is 11.8 Å². The summed E-state index contributed by atoms with van der Waals surface area (Å²) in [7, 11) is -3.44. The summed E-state index contributed by atoms with van der Waals surface area (Å²) < 4.78 is 27.1. The first-order valence-electron chi connectivity index (χ1n) is 7.24. The Morgan fingerprint density at radius 1 is 1.45 bits per heavy atom. The van der Waals surface area contributed by atoms with Gasteiger partial charge in [-0.25, -0.2) is 13.1 Å². The molecule has 0 heterocycles. The van der Waals surface area contributed by atoms with E-state index in [1.54, 1.807) is 0 Å². The summed E-state index contributed by atoms with van der Waals surface area (Å²) in [6, 6.07) is 0. The van der Waals surface area contributed by atoms with Crippen LogP contribution in [-0.4, -0.2) is 30.8 Å². The fourth-order valence-corrected chi connectivity index (χ4v) is 4.73. The van der Waals surface area contributed by atoms with Crippen LogP contribution >= 0.6 is 0 Å². The van der Waals surface area contributed by atoms with Crippen molar-refractivity contribution in [3.63, 3.8) is 0 Å². The SMILES string of the molecule is CCC1CCC(NS(=O)(=O)CC(C)C)(C(N)=NO)CC1. The van der Waals surface area contributed by atoms with Gasteiger partial charge in [-0.15, -0.1) is 0 Å². The molecule has 0 bridgehead atoms. The van der Waals surface area contributed by atoms with Gasteiger partial charge in [-0.3, -0.25) is 0 Å². The van der Waals surface area contributed by atoms with E-state index in [9.17, 15) is 8.42 Å². The van der Waals surface area contributed by atoms with Crippen molar-refractivity contribution in [3.05, 3.63) is 0 Å². The smallest absolute Gasteiger partial charge is 0.212 e. The molecule has 0 aliphatic heterocycles. The van der Waals surface area contributed by atoms with Crippen LogP contribution in [-0.2, 0) is 10.0 Å². The molecule has 6 nitrogen and oxygen atoms in total. The van der Waals surface area contributed by atoms with Crippen molar-refractivity contribution in [3.8, 4) is 0 Å². The molecule has 0 aromatic heterocycles. The molecule has 0 amide bonds. The predicted octanol–water partition coefficient (Wildman–Crippen LogP) is 1.65. The highest BCUT2D eigenvalue weighted by Crippen LogP contribution is 2.34. The van der Waals surface area contributed by atoms with Crippen molar-refractivity contribution in [1.82, 2.24) is 4.72 Å². The van der Waals surface area contributed by atoms with Gasteiger partial charge in [-0.1, -0.05) is 32.3 Å². The first kappa shape index (κ1) is 17.2. The van der Waals surface area contributed by atoms with Crippen molar-refractivity contribution in [2.24, 2.45) is 22.7 Å². The minimum absolute atomic E-state index is 0.0283. The molecule has 1 aliphatic rings. The number of amidine groups is 1. The van der Waals surface area contributed by atoms with Gasteiger partial charge in [0.2, 0.25) is 10.0 Å². The van der Waals surface area contributed by atoms with Crippen molar-refractivity contribution >= 4 is 15.9 Å². The standard InChI is InChI=1S/C13H27N3O3S/c1-4-11-5-7-13(8-6-11,12(14)15-17)16-20(18,19)9-10(2)3/h10-11,16-17H,4-9H2,1-3H3,(H2,14,15). The van der Waals surface area contributed by atoms with Gasteiger partial charge in [0.15, 0.2) is 5.84 Å². The molecule has 1 aliphatic carbocycles. The maximum Gasteiger partial charge on any atom is 0.212 e. The Hall–Kier alpha value is -0.820. The zero-order valence-corrected chi connectivity index (χ0v) is 13.4. The third kappa shape index (κ3) is 4.34. The van der Waals surface area contributed by atoms with E-state index in [4.69, 9.17) is 10.9 Å². The minimum atomic E-state index is -3.44. The van der Waals surface area contributed by atoms with Gasteiger partial charge in [-0.05, 0) is 37.5 Å². The van der Waals surface area contributed by atoms with E-state index in [0.717, 1.165) is 19.3 Å². The Morgan fingerprint density at radius 2 is 2.00 bits per heavy atom. The third-order valence-corrected chi connectivity index (χ3v) is 5.84. The summed E-state index contributed by atoms with van der Waals surface area (Å²) in [6.07, 6.45) is 4.01. The number of hydrogen-bond donors (Lipinski definition) is 3. The molecule has 0 radical (unpaired) electrons. The third-order valence-electron chi connectivity index (χ3n) is 4.04. The lowest BCUT2D eigenvalue weighted by Gasteiger charge is -2.39. The molecular weight excluding hydrogens is 278 g/mol.